The summed E-state index contributed by atoms with van der Waals surface area (Å²) in [5.41, 5.74) is -6.28. The summed E-state index contributed by atoms with van der Waals surface area (Å²) in [4.78, 5) is 10.2. The van der Waals surface area contributed by atoms with E-state index in [2.05, 4.69) is 5.32 Å². The first-order valence-corrected chi connectivity index (χ1v) is 5.79. The van der Waals surface area contributed by atoms with Crippen molar-refractivity contribution in [2.75, 3.05) is 11.9 Å². The molecule has 2 N–H and O–H groups in total. The van der Waals surface area contributed by atoms with E-state index in [1.807, 2.05) is 0 Å². The number of aliphatic hydroxyl groups is 1. The Kier molecular flexibility index (Phi) is 4.96. The van der Waals surface area contributed by atoms with Crippen molar-refractivity contribution in [3.8, 4) is 0 Å². The highest BCUT2D eigenvalue weighted by Crippen LogP contribution is 2.50. The van der Waals surface area contributed by atoms with E-state index in [4.69, 9.17) is 5.11 Å². The van der Waals surface area contributed by atoms with Crippen LogP contribution < -0.4 is 10.4 Å². The molecule has 0 spiro atoms. The zero-order valence-electron chi connectivity index (χ0n) is 10.8. The van der Waals surface area contributed by atoms with Crippen LogP contribution in [-0.4, -0.2) is 30.0 Å². The number of carbonyl (C=O) groups excluding carboxylic acids is 1. The fraction of sp³-hybridized carbons (Fsp3) is 0.417. The van der Waals surface area contributed by atoms with Crippen LogP contribution >= 0.6 is 0 Å². The number of anilines is 1. The zero-order valence-corrected chi connectivity index (χ0v) is 10.8. The van der Waals surface area contributed by atoms with Gasteiger partial charge in [0.2, 0.25) is 0 Å². The first-order chi connectivity index (χ1) is 9.89. The summed E-state index contributed by atoms with van der Waals surface area (Å²) in [6.45, 7) is -0.121. The van der Waals surface area contributed by atoms with Crippen LogP contribution in [-0.2, 0) is 10.4 Å². The molecular formula is C12H10F6NO3-. The van der Waals surface area contributed by atoms with Gasteiger partial charge in [0.05, 0.1) is 0 Å². The van der Waals surface area contributed by atoms with Gasteiger partial charge in [-0.1, -0.05) is 12.1 Å². The molecule has 0 atom stereocenters. The maximum Gasteiger partial charge on any atom is 0.430 e. The molecule has 0 aliphatic carbocycles. The number of carboxylic acid groups (broad SMARTS) is 1. The molecule has 10 heteroatoms. The van der Waals surface area contributed by atoms with E-state index in [9.17, 15) is 36.2 Å². The van der Waals surface area contributed by atoms with Crippen LogP contribution in [0.15, 0.2) is 24.3 Å². The molecule has 0 aromatic heterocycles. The van der Waals surface area contributed by atoms with Gasteiger partial charge < -0.3 is 20.3 Å². The Bertz CT molecular complexity index is 509. The van der Waals surface area contributed by atoms with Crippen molar-refractivity contribution in [3.63, 3.8) is 0 Å². The van der Waals surface area contributed by atoms with E-state index in [-0.39, 0.29) is 12.2 Å². The normalized spacial score (nSPS) is 13.0. The van der Waals surface area contributed by atoms with E-state index in [1.54, 1.807) is 0 Å². The average molecular weight is 330 g/mol. The third-order valence-corrected chi connectivity index (χ3v) is 2.78. The fourth-order valence-corrected chi connectivity index (χ4v) is 1.63. The van der Waals surface area contributed by atoms with Gasteiger partial charge in [-0.25, -0.2) is 0 Å². The molecule has 124 valence electrons. The van der Waals surface area contributed by atoms with Gasteiger partial charge >= 0.3 is 12.4 Å². The second-order valence-electron chi connectivity index (χ2n) is 4.33. The predicted octanol–water partition coefficient (Wildman–Crippen LogP) is 1.55. The first kappa shape index (κ1) is 18.1. The summed E-state index contributed by atoms with van der Waals surface area (Å²) in [5.74, 6) is -1.37. The molecule has 22 heavy (non-hydrogen) atoms. The quantitative estimate of drug-likeness (QED) is 0.804. The lowest BCUT2D eigenvalue weighted by Gasteiger charge is -2.32. The molecule has 4 nitrogen and oxygen atoms in total. The topological polar surface area (TPSA) is 72.4 Å². The van der Waals surface area contributed by atoms with Gasteiger partial charge in [0.25, 0.3) is 5.60 Å². The van der Waals surface area contributed by atoms with Crippen molar-refractivity contribution < 1.29 is 41.4 Å². The predicted molar refractivity (Wildman–Crippen MR) is 60.6 cm³/mol. The Morgan fingerprint density at radius 1 is 1.05 bits per heavy atom. The summed E-state index contributed by atoms with van der Waals surface area (Å²) < 4.78 is 75.7. The minimum absolute atomic E-state index is 0.0942. The summed E-state index contributed by atoms with van der Waals surface area (Å²) in [7, 11) is 0. The SMILES string of the molecule is O=C([O-])CCNc1ccc(C(O)(C(F)(F)F)C(F)(F)F)cc1. The van der Waals surface area contributed by atoms with Crippen molar-refractivity contribution in [2.24, 2.45) is 0 Å². The third-order valence-electron chi connectivity index (χ3n) is 2.78. The van der Waals surface area contributed by atoms with Gasteiger partial charge in [0.1, 0.15) is 0 Å². The minimum Gasteiger partial charge on any atom is -0.550 e. The van der Waals surface area contributed by atoms with Gasteiger partial charge in [-0.05, 0) is 12.1 Å². The molecule has 0 radical (unpaired) electrons. The van der Waals surface area contributed by atoms with Crippen molar-refractivity contribution in [1.82, 2.24) is 0 Å². The highest BCUT2D eigenvalue weighted by molar-refractivity contribution is 5.65. The van der Waals surface area contributed by atoms with Crippen molar-refractivity contribution >= 4 is 11.7 Å². The molecule has 0 heterocycles. The van der Waals surface area contributed by atoms with Crippen LogP contribution in [0.3, 0.4) is 0 Å². The van der Waals surface area contributed by atoms with E-state index >= 15 is 0 Å². The van der Waals surface area contributed by atoms with Crippen molar-refractivity contribution in [2.45, 2.75) is 24.4 Å². The van der Waals surface area contributed by atoms with E-state index in [0.717, 1.165) is 12.1 Å². The molecule has 0 fully saturated rings. The number of hydrogen-bond acceptors (Lipinski definition) is 4. The van der Waals surface area contributed by atoms with E-state index in [1.165, 1.54) is 0 Å². The molecule has 0 saturated heterocycles. The number of nitrogens with one attached hydrogen (secondary N) is 1. The van der Waals surface area contributed by atoms with Gasteiger partial charge in [0.15, 0.2) is 0 Å². The van der Waals surface area contributed by atoms with Crippen molar-refractivity contribution in [3.05, 3.63) is 29.8 Å². The molecule has 0 unspecified atom stereocenters. The monoisotopic (exact) mass is 330 g/mol. The highest BCUT2D eigenvalue weighted by Gasteiger charge is 2.71. The maximum atomic E-state index is 12.6. The minimum atomic E-state index is -5.95. The second kappa shape index (κ2) is 6.03. The Hall–Kier alpha value is -1.97. The summed E-state index contributed by atoms with van der Waals surface area (Å²) in [6, 6.07) is 2.66. The Morgan fingerprint density at radius 3 is 1.86 bits per heavy atom. The highest BCUT2D eigenvalue weighted by atomic mass is 19.4. The van der Waals surface area contributed by atoms with Crippen LogP contribution in [0, 0.1) is 0 Å². The molecule has 0 bridgehead atoms. The Morgan fingerprint density at radius 2 is 1.50 bits per heavy atom. The summed E-state index contributed by atoms with van der Waals surface area (Å²) in [6.07, 6.45) is -12.3. The first-order valence-electron chi connectivity index (χ1n) is 5.79. The fourth-order valence-electron chi connectivity index (χ4n) is 1.63. The number of benzene rings is 1. The number of aliphatic carboxylic acids is 1. The summed E-state index contributed by atoms with van der Waals surface area (Å²) >= 11 is 0. The second-order valence-corrected chi connectivity index (χ2v) is 4.33. The number of hydrogen-bond donors (Lipinski definition) is 2. The molecule has 0 saturated carbocycles. The van der Waals surface area contributed by atoms with Crippen LogP contribution in [0.4, 0.5) is 32.0 Å². The third kappa shape index (κ3) is 3.62. The van der Waals surface area contributed by atoms with Crippen LogP contribution in [0.1, 0.15) is 12.0 Å². The molecular weight excluding hydrogens is 320 g/mol. The molecule has 0 aliphatic rings. The molecule has 1 aromatic rings. The standard InChI is InChI=1S/C12H11F6NO3/c13-11(14,15)10(22,12(16,17)18)7-1-3-8(4-2-7)19-6-5-9(20)21/h1-4,19,22H,5-6H2,(H,20,21)/p-1. The van der Waals surface area contributed by atoms with Crippen LogP contribution in [0.25, 0.3) is 0 Å². The zero-order chi connectivity index (χ0) is 17.2. The molecule has 0 aliphatic heterocycles. The number of carbonyl (C=O) groups is 1. The average Bonchev–Trinajstić information content (AvgIpc) is 2.35. The van der Waals surface area contributed by atoms with Crippen LogP contribution in [0.2, 0.25) is 0 Å². The van der Waals surface area contributed by atoms with E-state index < -0.39 is 35.9 Å². The van der Waals surface area contributed by atoms with Gasteiger partial charge in [-0.15, -0.1) is 0 Å². The number of alkyl halides is 6. The summed E-state index contributed by atoms with van der Waals surface area (Å²) in [5, 5.41) is 21.8. The lowest BCUT2D eigenvalue weighted by Crippen LogP contribution is -2.53. The van der Waals surface area contributed by atoms with Crippen LogP contribution in [0.5, 0.6) is 0 Å². The molecule has 1 aromatic carbocycles. The Labute approximate surface area is 120 Å². The largest absolute Gasteiger partial charge is 0.550 e. The van der Waals surface area contributed by atoms with Gasteiger partial charge in [-0.3, -0.25) is 0 Å². The molecule has 1 rings (SSSR count). The van der Waals surface area contributed by atoms with Gasteiger partial charge in [0, 0.05) is 30.2 Å². The molecule has 0 amide bonds. The number of rotatable bonds is 5. The maximum absolute atomic E-state index is 12.6. The van der Waals surface area contributed by atoms with E-state index in [0.29, 0.717) is 12.1 Å². The number of carboxylic acids is 1. The number of halogens is 6. The van der Waals surface area contributed by atoms with Gasteiger partial charge in [-0.2, -0.15) is 26.3 Å². The van der Waals surface area contributed by atoms with Crippen molar-refractivity contribution in [1.29, 1.82) is 0 Å². The lowest BCUT2D eigenvalue weighted by molar-refractivity contribution is -0.376. The Balaban J connectivity index is 3.03. The lowest BCUT2D eigenvalue weighted by atomic mass is 9.92. The smallest absolute Gasteiger partial charge is 0.430 e.